The molecule has 0 amide bonds. The fourth-order valence-electron chi connectivity index (χ4n) is 3.84. The minimum Gasteiger partial charge on any atom is -0.341 e. The van der Waals surface area contributed by atoms with Gasteiger partial charge in [0.1, 0.15) is 6.04 Å². The maximum atomic E-state index is 5.06. The second-order valence-electron chi connectivity index (χ2n) is 7.12. The van der Waals surface area contributed by atoms with Crippen molar-refractivity contribution in [2.45, 2.75) is 34.0 Å². The van der Waals surface area contributed by atoms with Gasteiger partial charge in [0, 0.05) is 27.8 Å². The van der Waals surface area contributed by atoms with E-state index in [0.29, 0.717) is 5.25 Å². The number of amidine groups is 1. The topological polar surface area (TPSA) is 28.5 Å². The number of nitrogens with zero attached hydrogens (tertiary/aromatic N) is 3. The largest absolute Gasteiger partial charge is 0.341 e. The molecule has 5 heteroatoms. The fourth-order valence-corrected chi connectivity index (χ4v) is 5.77. The quantitative estimate of drug-likeness (QED) is 0.549. The molecular formula is C23H21N3S2. The third-order valence-electron chi connectivity index (χ3n) is 5.08. The lowest BCUT2D eigenvalue weighted by Gasteiger charge is -2.27. The van der Waals surface area contributed by atoms with Crippen LogP contribution in [-0.4, -0.2) is 26.8 Å². The van der Waals surface area contributed by atoms with Gasteiger partial charge in [0.2, 0.25) is 0 Å². The molecule has 5 rings (SSSR count). The first-order valence-corrected chi connectivity index (χ1v) is 11.2. The van der Waals surface area contributed by atoms with Gasteiger partial charge in [0.05, 0.1) is 11.7 Å². The summed E-state index contributed by atoms with van der Waals surface area (Å²) in [7, 11) is 0. The summed E-state index contributed by atoms with van der Waals surface area (Å²) in [5.74, 6) is 0. The molecule has 3 heterocycles. The van der Waals surface area contributed by atoms with Gasteiger partial charge in [-0.2, -0.15) is 0 Å². The van der Waals surface area contributed by atoms with Gasteiger partial charge in [-0.05, 0) is 42.0 Å². The monoisotopic (exact) mass is 403 g/mol. The van der Waals surface area contributed by atoms with Crippen molar-refractivity contribution in [3.63, 3.8) is 0 Å². The van der Waals surface area contributed by atoms with Crippen molar-refractivity contribution < 1.29 is 0 Å². The van der Waals surface area contributed by atoms with Gasteiger partial charge >= 0.3 is 0 Å². The van der Waals surface area contributed by atoms with Crippen LogP contribution in [0.5, 0.6) is 0 Å². The zero-order chi connectivity index (χ0) is 18.9. The van der Waals surface area contributed by atoms with Crippen LogP contribution in [0.3, 0.4) is 0 Å². The molecule has 2 aromatic carbocycles. The van der Waals surface area contributed by atoms with Gasteiger partial charge in [-0.3, -0.25) is 9.98 Å². The lowest BCUT2D eigenvalue weighted by Crippen LogP contribution is -2.28. The summed E-state index contributed by atoms with van der Waals surface area (Å²) >= 11 is 3.68. The first-order valence-electron chi connectivity index (χ1n) is 9.53. The number of hydrogen-bond acceptors (Lipinski definition) is 5. The van der Waals surface area contributed by atoms with Crippen LogP contribution in [0.4, 0.5) is 0 Å². The molecule has 3 aromatic rings. The Labute approximate surface area is 174 Å². The maximum Gasteiger partial charge on any atom is 0.160 e. The van der Waals surface area contributed by atoms with E-state index in [1.807, 2.05) is 24.0 Å². The number of fused-ring (bicyclic) bond motifs is 1. The average molecular weight is 404 g/mol. The Morgan fingerprint density at radius 1 is 0.929 bits per heavy atom. The number of aromatic nitrogens is 1. The summed E-state index contributed by atoms with van der Waals surface area (Å²) in [5, 5.41) is 1.75. The summed E-state index contributed by atoms with van der Waals surface area (Å²) in [4.78, 5) is 14.7. The van der Waals surface area contributed by atoms with E-state index in [0.717, 1.165) is 17.4 Å². The molecule has 1 saturated heterocycles. The van der Waals surface area contributed by atoms with Gasteiger partial charge in [-0.25, -0.2) is 0 Å². The van der Waals surface area contributed by atoms with E-state index < -0.39 is 0 Å². The van der Waals surface area contributed by atoms with Crippen LogP contribution >= 0.6 is 23.5 Å². The average Bonchev–Trinajstić information content (AvgIpc) is 3.26. The maximum absolute atomic E-state index is 5.06. The first kappa shape index (κ1) is 17.8. The zero-order valence-corrected chi connectivity index (χ0v) is 17.2. The highest BCUT2D eigenvalue weighted by Gasteiger charge is 2.43. The standard InChI is InChI=1S/C23H21N3S2/c1-16-15-26-22(21(25-23(26)27-16)20-9-5-6-14-24-20)17-10-12-19(13-11-17)28-18-7-3-2-4-8-18/h2-14,16,21-22H,15H2,1H3/t16-,21-,22-/m1/s1. The molecule has 1 fully saturated rings. The van der Waals surface area contributed by atoms with Gasteiger partial charge in [0.25, 0.3) is 0 Å². The van der Waals surface area contributed by atoms with Gasteiger partial charge in [0.15, 0.2) is 5.17 Å². The summed E-state index contributed by atoms with van der Waals surface area (Å²) in [5.41, 5.74) is 2.35. The molecule has 3 nitrogen and oxygen atoms in total. The number of rotatable bonds is 4. The van der Waals surface area contributed by atoms with Crippen LogP contribution < -0.4 is 0 Å². The minimum absolute atomic E-state index is 0.0591. The minimum atomic E-state index is 0.0591. The molecule has 0 unspecified atom stereocenters. The normalized spacial score (nSPS) is 23.5. The molecule has 2 aliphatic heterocycles. The highest BCUT2D eigenvalue weighted by Crippen LogP contribution is 2.47. The van der Waals surface area contributed by atoms with Crippen LogP contribution in [0.25, 0.3) is 0 Å². The Morgan fingerprint density at radius 3 is 2.43 bits per heavy atom. The lowest BCUT2D eigenvalue weighted by atomic mass is 9.96. The van der Waals surface area contributed by atoms with Crippen LogP contribution in [0, 0.1) is 0 Å². The molecule has 0 bridgehead atoms. The molecular weight excluding hydrogens is 382 g/mol. The SMILES string of the molecule is C[C@@H]1CN2C(=N[C@H](c3ccccn3)[C@H]2c2ccc(Sc3ccccc3)cc2)S1. The number of benzene rings is 2. The molecule has 0 spiro atoms. The third-order valence-corrected chi connectivity index (χ3v) is 7.20. The van der Waals surface area contributed by atoms with Crippen molar-refractivity contribution in [1.29, 1.82) is 0 Å². The Hall–Kier alpha value is -2.24. The van der Waals surface area contributed by atoms with Gasteiger partial charge < -0.3 is 4.90 Å². The molecule has 0 radical (unpaired) electrons. The summed E-state index contributed by atoms with van der Waals surface area (Å²) in [6.07, 6.45) is 1.87. The van der Waals surface area contributed by atoms with E-state index in [2.05, 4.69) is 83.5 Å². The van der Waals surface area contributed by atoms with Crippen molar-refractivity contribution in [3.05, 3.63) is 90.3 Å². The molecule has 0 saturated carbocycles. The van der Waals surface area contributed by atoms with Crippen LogP contribution in [0.15, 0.2) is 93.8 Å². The molecule has 2 aliphatic rings. The summed E-state index contributed by atoms with van der Waals surface area (Å²) in [6, 6.07) is 25.9. The molecule has 3 atom stereocenters. The Bertz CT molecular complexity index is 974. The Balaban J connectivity index is 1.44. The zero-order valence-electron chi connectivity index (χ0n) is 15.6. The second-order valence-corrected chi connectivity index (χ2v) is 9.67. The lowest BCUT2D eigenvalue weighted by molar-refractivity contribution is 0.321. The van der Waals surface area contributed by atoms with Crippen molar-refractivity contribution in [3.8, 4) is 0 Å². The summed E-state index contributed by atoms with van der Waals surface area (Å²) in [6.45, 7) is 3.32. The summed E-state index contributed by atoms with van der Waals surface area (Å²) < 4.78 is 0. The van der Waals surface area contributed by atoms with Crippen molar-refractivity contribution in [2.24, 2.45) is 4.99 Å². The predicted octanol–water partition coefficient (Wildman–Crippen LogP) is 5.82. The van der Waals surface area contributed by atoms with Crippen LogP contribution in [0.2, 0.25) is 0 Å². The van der Waals surface area contributed by atoms with Gasteiger partial charge in [-0.15, -0.1) is 0 Å². The Morgan fingerprint density at radius 2 is 1.68 bits per heavy atom. The van der Waals surface area contributed by atoms with E-state index >= 15 is 0 Å². The highest BCUT2D eigenvalue weighted by atomic mass is 32.2. The predicted molar refractivity (Wildman–Crippen MR) is 118 cm³/mol. The van der Waals surface area contributed by atoms with Crippen molar-refractivity contribution >= 4 is 28.7 Å². The smallest absolute Gasteiger partial charge is 0.160 e. The molecule has 0 aliphatic carbocycles. The first-order chi connectivity index (χ1) is 13.8. The van der Waals surface area contributed by atoms with E-state index in [9.17, 15) is 0 Å². The number of pyridine rings is 1. The highest BCUT2D eigenvalue weighted by molar-refractivity contribution is 8.14. The van der Waals surface area contributed by atoms with Crippen molar-refractivity contribution in [1.82, 2.24) is 9.88 Å². The van der Waals surface area contributed by atoms with E-state index in [1.54, 1.807) is 11.8 Å². The van der Waals surface area contributed by atoms with Gasteiger partial charge in [-0.1, -0.05) is 66.8 Å². The number of thioether (sulfide) groups is 1. The molecule has 1 aromatic heterocycles. The number of hydrogen-bond donors (Lipinski definition) is 0. The van der Waals surface area contributed by atoms with E-state index in [-0.39, 0.29) is 12.1 Å². The van der Waals surface area contributed by atoms with E-state index in [4.69, 9.17) is 4.99 Å². The molecule has 28 heavy (non-hydrogen) atoms. The number of aliphatic imine (C=N–C) groups is 1. The third kappa shape index (κ3) is 3.45. The second kappa shape index (κ2) is 7.64. The van der Waals surface area contributed by atoms with Crippen LogP contribution in [-0.2, 0) is 0 Å². The fraction of sp³-hybridized carbons (Fsp3) is 0.217. The molecule has 0 N–H and O–H groups in total. The van der Waals surface area contributed by atoms with Crippen LogP contribution in [0.1, 0.15) is 30.3 Å². The Kier molecular flexibility index (Phi) is 4.87. The molecule has 140 valence electrons. The van der Waals surface area contributed by atoms with E-state index in [1.165, 1.54) is 15.4 Å². The van der Waals surface area contributed by atoms with Crippen molar-refractivity contribution in [2.75, 3.05) is 6.54 Å².